The van der Waals surface area contributed by atoms with Crippen molar-refractivity contribution in [2.24, 2.45) is 5.41 Å². The fraction of sp³-hybridized carbons (Fsp3) is 0.370. The predicted octanol–water partition coefficient (Wildman–Crippen LogP) is 5.43. The van der Waals surface area contributed by atoms with E-state index in [1.165, 1.54) is 19.2 Å². The van der Waals surface area contributed by atoms with Crippen molar-refractivity contribution in [2.75, 3.05) is 7.11 Å². The second-order valence-corrected chi connectivity index (χ2v) is 10.3. The van der Waals surface area contributed by atoms with Crippen LogP contribution < -0.4 is 10.1 Å². The van der Waals surface area contributed by atoms with Crippen LogP contribution in [0.3, 0.4) is 0 Å². The fourth-order valence-corrected chi connectivity index (χ4v) is 4.99. The Morgan fingerprint density at radius 1 is 1.00 bits per heavy atom. The van der Waals surface area contributed by atoms with Crippen molar-refractivity contribution >= 4 is 17.6 Å². The summed E-state index contributed by atoms with van der Waals surface area (Å²) >= 11 is 0. The third-order valence-corrected chi connectivity index (χ3v) is 6.80. The van der Waals surface area contributed by atoms with Crippen LogP contribution in [0.5, 0.6) is 5.75 Å². The molecule has 2 aliphatic rings. The van der Waals surface area contributed by atoms with E-state index in [4.69, 9.17) is 4.74 Å². The van der Waals surface area contributed by atoms with Crippen molar-refractivity contribution in [1.29, 1.82) is 0 Å². The van der Waals surface area contributed by atoms with E-state index in [-0.39, 0.29) is 25.1 Å². The molecule has 2 aromatic rings. The van der Waals surface area contributed by atoms with Crippen LogP contribution in [0.25, 0.3) is 0 Å². The van der Waals surface area contributed by atoms with Gasteiger partial charge in [0.25, 0.3) is 11.8 Å². The molecule has 39 heavy (non-hydrogen) atoms. The molecule has 1 heterocycles. The topological polar surface area (TPSA) is 75.7 Å². The molecule has 208 valence electrons. The molecule has 1 aliphatic carbocycles. The van der Waals surface area contributed by atoms with Crippen LogP contribution in [-0.2, 0) is 22.3 Å². The van der Waals surface area contributed by atoms with Crippen molar-refractivity contribution < 1.29 is 45.5 Å². The molecule has 1 N–H and O–H groups in total. The number of rotatable bonds is 5. The number of carbonyl (C=O) groups excluding carboxylic acids is 3. The molecule has 1 atom stereocenters. The Bertz CT molecular complexity index is 1360. The number of nitrogens with one attached hydrogen (secondary N) is 1. The Hall–Kier alpha value is -3.83. The van der Waals surface area contributed by atoms with E-state index in [1.54, 1.807) is 31.3 Å². The molecule has 1 unspecified atom stereocenters. The molecule has 0 aromatic heterocycles. The van der Waals surface area contributed by atoms with Crippen molar-refractivity contribution in [1.82, 2.24) is 10.2 Å². The highest BCUT2D eigenvalue weighted by atomic mass is 19.4. The highest BCUT2D eigenvalue weighted by Gasteiger charge is 2.71. The van der Waals surface area contributed by atoms with E-state index in [2.05, 4.69) is 0 Å². The number of allylic oxidation sites excluding steroid dienone is 1. The van der Waals surface area contributed by atoms with E-state index >= 15 is 0 Å². The molecule has 0 bridgehead atoms. The monoisotopic (exact) mass is 554 g/mol. The molecule has 0 radical (unpaired) electrons. The number of hydrogen-bond acceptors (Lipinski definition) is 4. The summed E-state index contributed by atoms with van der Waals surface area (Å²) in [6, 6.07) is 8.97. The number of alkyl halides is 6. The fourth-order valence-electron chi connectivity index (χ4n) is 4.99. The summed E-state index contributed by atoms with van der Waals surface area (Å²) in [4.78, 5) is 40.8. The lowest BCUT2D eigenvalue weighted by Gasteiger charge is -2.35. The maximum Gasteiger partial charge on any atom is 0.425 e. The Balaban J connectivity index is 1.84. The van der Waals surface area contributed by atoms with E-state index in [0.717, 1.165) is 17.0 Å². The van der Waals surface area contributed by atoms with Gasteiger partial charge in [0, 0.05) is 17.7 Å². The summed E-state index contributed by atoms with van der Waals surface area (Å²) in [5, 5.41) is 1.65. The lowest BCUT2D eigenvalue weighted by Crippen LogP contribution is -2.66. The molecule has 0 saturated heterocycles. The molecule has 1 aliphatic heterocycles. The maximum absolute atomic E-state index is 14.9. The maximum atomic E-state index is 14.9. The highest BCUT2D eigenvalue weighted by molar-refractivity contribution is 6.14. The number of ketones is 1. The number of hydrogen-bond donors (Lipinski definition) is 1. The van der Waals surface area contributed by atoms with Gasteiger partial charge in [0.2, 0.25) is 5.54 Å². The van der Waals surface area contributed by atoms with Gasteiger partial charge in [-0.15, -0.1) is 0 Å². The zero-order chi connectivity index (χ0) is 29.0. The van der Waals surface area contributed by atoms with Crippen LogP contribution in [-0.4, -0.2) is 41.3 Å². The first-order chi connectivity index (χ1) is 18.0. The summed E-state index contributed by atoms with van der Waals surface area (Å²) in [5.74, 6) is -3.70. The van der Waals surface area contributed by atoms with Crippen LogP contribution in [0.15, 0.2) is 59.8 Å². The highest BCUT2D eigenvalue weighted by Crippen LogP contribution is 2.52. The molecular weight excluding hydrogens is 530 g/mol. The van der Waals surface area contributed by atoms with E-state index in [9.17, 15) is 40.7 Å². The normalized spacial score (nSPS) is 21.2. The first-order valence-electron chi connectivity index (χ1n) is 11.8. The third-order valence-electron chi connectivity index (χ3n) is 6.80. The van der Waals surface area contributed by atoms with Crippen LogP contribution in [0.4, 0.5) is 26.3 Å². The molecule has 0 fully saturated rings. The SMILES string of the molecule is COc1ccc(CN2C(=O)C(NC(=O)c3cccc(C(F)(F)F)c3)(C(F)(F)F)C3=C2CC(C)(C)CC3=O)cc1. The van der Waals surface area contributed by atoms with Crippen molar-refractivity contribution in [3.63, 3.8) is 0 Å². The number of Topliss-reactive ketones (excluding diaryl/α,β-unsaturated/α-hetero) is 1. The number of nitrogens with zero attached hydrogens (tertiary/aromatic N) is 1. The first-order valence-corrected chi connectivity index (χ1v) is 11.8. The van der Waals surface area contributed by atoms with Gasteiger partial charge in [-0.3, -0.25) is 14.4 Å². The van der Waals surface area contributed by atoms with Gasteiger partial charge in [0.1, 0.15) is 5.75 Å². The minimum atomic E-state index is -5.49. The minimum Gasteiger partial charge on any atom is -0.497 e. The predicted molar refractivity (Wildman–Crippen MR) is 126 cm³/mol. The van der Waals surface area contributed by atoms with E-state index < -0.39 is 57.6 Å². The number of ether oxygens (including phenoxy) is 1. The van der Waals surface area contributed by atoms with Gasteiger partial charge in [-0.05, 0) is 47.7 Å². The van der Waals surface area contributed by atoms with Gasteiger partial charge in [0.05, 0.1) is 24.8 Å². The van der Waals surface area contributed by atoms with Crippen LogP contribution >= 0.6 is 0 Å². The van der Waals surface area contributed by atoms with Gasteiger partial charge < -0.3 is 15.0 Å². The number of halogens is 6. The zero-order valence-electron chi connectivity index (χ0n) is 21.1. The van der Waals surface area contributed by atoms with Crippen LogP contribution in [0.2, 0.25) is 0 Å². The average molecular weight is 554 g/mol. The summed E-state index contributed by atoms with van der Waals surface area (Å²) in [5.41, 5.74) is -7.23. The molecule has 2 amide bonds. The van der Waals surface area contributed by atoms with Gasteiger partial charge in [-0.2, -0.15) is 26.3 Å². The average Bonchev–Trinajstić information content (AvgIpc) is 3.06. The standard InChI is InChI=1S/C27H24F6N2O4/c1-24(2)12-19-21(20(36)13-24)25(27(31,32)33,23(38)35(19)14-15-7-9-18(39-3)10-8-15)34-22(37)16-5-4-6-17(11-16)26(28,29)30/h4-11H,12-14H2,1-3H3,(H,34,37). The second-order valence-electron chi connectivity index (χ2n) is 10.3. The Morgan fingerprint density at radius 2 is 1.64 bits per heavy atom. The molecule has 6 nitrogen and oxygen atoms in total. The molecular formula is C27H24F6N2O4. The van der Waals surface area contributed by atoms with Crippen molar-refractivity contribution in [3.05, 3.63) is 76.5 Å². The number of benzene rings is 2. The molecule has 2 aromatic carbocycles. The molecule has 4 rings (SSSR count). The van der Waals surface area contributed by atoms with E-state index in [1.807, 2.05) is 0 Å². The lowest BCUT2D eigenvalue weighted by molar-refractivity contribution is -0.190. The van der Waals surface area contributed by atoms with Crippen LogP contribution in [0.1, 0.15) is 48.2 Å². The summed E-state index contributed by atoms with van der Waals surface area (Å²) < 4.78 is 89.4. The largest absolute Gasteiger partial charge is 0.497 e. The van der Waals surface area contributed by atoms with Gasteiger partial charge >= 0.3 is 12.4 Å². The Morgan fingerprint density at radius 3 is 2.21 bits per heavy atom. The Kier molecular flexibility index (Phi) is 6.81. The summed E-state index contributed by atoms with van der Waals surface area (Å²) in [6.07, 6.45) is -10.8. The Labute approximate surface area is 219 Å². The van der Waals surface area contributed by atoms with Crippen molar-refractivity contribution in [2.45, 2.75) is 51.1 Å². The lowest BCUT2D eigenvalue weighted by atomic mass is 9.72. The number of methoxy groups -OCH3 is 1. The molecule has 0 spiro atoms. The number of amides is 2. The quantitative estimate of drug-likeness (QED) is 0.501. The molecule has 12 heteroatoms. The first kappa shape index (κ1) is 28.2. The second kappa shape index (κ2) is 9.42. The van der Waals surface area contributed by atoms with Crippen LogP contribution in [0, 0.1) is 5.41 Å². The summed E-state index contributed by atoms with van der Waals surface area (Å²) in [6.45, 7) is 2.99. The third kappa shape index (κ3) is 4.99. The smallest absolute Gasteiger partial charge is 0.425 e. The summed E-state index contributed by atoms with van der Waals surface area (Å²) in [7, 11) is 1.43. The van der Waals surface area contributed by atoms with Gasteiger partial charge in [-0.25, -0.2) is 0 Å². The number of carbonyl (C=O) groups is 3. The zero-order valence-corrected chi connectivity index (χ0v) is 21.1. The molecule has 0 saturated carbocycles. The van der Waals surface area contributed by atoms with E-state index in [0.29, 0.717) is 23.4 Å². The minimum absolute atomic E-state index is 0.0762. The van der Waals surface area contributed by atoms with Crippen molar-refractivity contribution in [3.8, 4) is 5.75 Å². The van der Waals surface area contributed by atoms with Gasteiger partial charge in [-0.1, -0.05) is 32.0 Å². The van der Waals surface area contributed by atoms with Gasteiger partial charge in [0.15, 0.2) is 5.78 Å².